The largest absolute Gasteiger partial charge is 0.381 e. The molecule has 1 aliphatic heterocycles. The Balaban J connectivity index is 0.00000320. The van der Waals surface area contributed by atoms with Gasteiger partial charge in [0.05, 0.1) is 6.54 Å². The Hall–Kier alpha value is -1.72. The molecule has 166 valence electrons. The second-order valence-corrected chi connectivity index (χ2v) is 7.08. The van der Waals surface area contributed by atoms with Crippen molar-refractivity contribution in [2.24, 2.45) is 10.9 Å². The standard InChI is InChI=1S/C21H32N6O2.HI/c1-2-22-21(24-8-4-12-29-17-18-6-13-28-14-7-18)25-16-19-5-10-23-20(15-19)27-11-3-9-26-27;/h3,5,9-11,15,18H,2,4,6-8,12-14,16-17H2,1H3,(H2,22,24,25);1H. The molecular weight excluding hydrogens is 495 g/mol. The summed E-state index contributed by atoms with van der Waals surface area (Å²) in [7, 11) is 0. The first-order valence-electron chi connectivity index (χ1n) is 10.5. The molecule has 0 radical (unpaired) electrons. The summed E-state index contributed by atoms with van der Waals surface area (Å²) in [6.45, 7) is 7.65. The Morgan fingerprint density at radius 3 is 2.93 bits per heavy atom. The molecule has 2 aromatic heterocycles. The predicted molar refractivity (Wildman–Crippen MR) is 129 cm³/mol. The molecule has 8 nitrogen and oxygen atoms in total. The van der Waals surface area contributed by atoms with Gasteiger partial charge in [-0.25, -0.2) is 14.7 Å². The van der Waals surface area contributed by atoms with Gasteiger partial charge in [0.1, 0.15) is 0 Å². The molecule has 0 saturated carbocycles. The lowest BCUT2D eigenvalue weighted by Gasteiger charge is -2.21. The molecule has 0 unspecified atom stereocenters. The Kier molecular flexibility index (Phi) is 11.7. The van der Waals surface area contributed by atoms with Crippen LogP contribution in [0.2, 0.25) is 0 Å². The van der Waals surface area contributed by atoms with Crippen LogP contribution >= 0.6 is 24.0 Å². The molecule has 0 aromatic carbocycles. The first-order valence-corrected chi connectivity index (χ1v) is 10.5. The molecule has 0 aliphatic carbocycles. The molecule has 1 aliphatic rings. The van der Waals surface area contributed by atoms with E-state index in [2.05, 4.69) is 32.6 Å². The third-order valence-electron chi connectivity index (χ3n) is 4.77. The molecule has 0 spiro atoms. The van der Waals surface area contributed by atoms with Crippen LogP contribution in [-0.4, -0.2) is 60.2 Å². The maximum Gasteiger partial charge on any atom is 0.191 e. The maximum absolute atomic E-state index is 5.82. The molecule has 0 amide bonds. The molecule has 0 atom stereocenters. The summed E-state index contributed by atoms with van der Waals surface area (Å²) in [6, 6.07) is 5.86. The van der Waals surface area contributed by atoms with Crippen LogP contribution in [0.5, 0.6) is 0 Å². The number of pyridine rings is 1. The van der Waals surface area contributed by atoms with E-state index < -0.39 is 0 Å². The van der Waals surface area contributed by atoms with Gasteiger partial charge in [-0.3, -0.25) is 0 Å². The fraction of sp³-hybridized carbons (Fsp3) is 0.571. The number of ether oxygens (including phenoxy) is 2. The lowest BCUT2D eigenvalue weighted by molar-refractivity contribution is 0.0203. The highest BCUT2D eigenvalue weighted by molar-refractivity contribution is 14.0. The zero-order valence-electron chi connectivity index (χ0n) is 17.6. The molecule has 1 saturated heterocycles. The molecule has 2 N–H and O–H groups in total. The van der Waals surface area contributed by atoms with Crippen LogP contribution < -0.4 is 10.6 Å². The Morgan fingerprint density at radius 1 is 1.30 bits per heavy atom. The monoisotopic (exact) mass is 528 g/mol. The van der Waals surface area contributed by atoms with E-state index in [1.165, 1.54) is 0 Å². The molecule has 30 heavy (non-hydrogen) atoms. The smallest absolute Gasteiger partial charge is 0.191 e. The molecule has 1 fully saturated rings. The van der Waals surface area contributed by atoms with E-state index in [0.717, 1.165) is 76.1 Å². The van der Waals surface area contributed by atoms with E-state index in [9.17, 15) is 0 Å². The number of aromatic nitrogens is 3. The highest BCUT2D eigenvalue weighted by Crippen LogP contribution is 2.14. The van der Waals surface area contributed by atoms with E-state index in [1.54, 1.807) is 17.1 Å². The van der Waals surface area contributed by atoms with Gasteiger partial charge >= 0.3 is 0 Å². The number of hydrogen-bond donors (Lipinski definition) is 2. The van der Waals surface area contributed by atoms with Crippen molar-refractivity contribution in [3.63, 3.8) is 0 Å². The van der Waals surface area contributed by atoms with Gasteiger partial charge in [0.25, 0.3) is 0 Å². The van der Waals surface area contributed by atoms with Crippen molar-refractivity contribution < 1.29 is 9.47 Å². The molecule has 9 heteroatoms. The molecular formula is C21H33IN6O2. The van der Waals surface area contributed by atoms with Gasteiger partial charge in [0.15, 0.2) is 11.8 Å². The lowest BCUT2D eigenvalue weighted by Crippen LogP contribution is -2.38. The number of halogens is 1. The number of rotatable bonds is 10. The number of aliphatic imine (C=N–C) groups is 1. The Labute approximate surface area is 195 Å². The quantitative estimate of drug-likeness (QED) is 0.214. The zero-order valence-corrected chi connectivity index (χ0v) is 20.0. The Morgan fingerprint density at radius 2 is 2.17 bits per heavy atom. The average Bonchev–Trinajstić information content (AvgIpc) is 3.30. The van der Waals surface area contributed by atoms with Gasteiger partial charge in [-0.1, -0.05) is 0 Å². The minimum Gasteiger partial charge on any atom is -0.381 e. The summed E-state index contributed by atoms with van der Waals surface area (Å²) < 4.78 is 12.9. The first-order chi connectivity index (χ1) is 14.3. The number of nitrogens with one attached hydrogen (secondary N) is 2. The first kappa shape index (κ1) is 24.5. The second-order valence-electron chi connectivity index (χ2n) is 7.08. The zero-order chi connectivity index (χ0) is 20.2. The topological polar surface area (TPSA) is 85.6 Å². The average molecular weight is 528 g/mol. The van der Waals surface area contributed by atoms with E-state index in [1.807, 2.05) is 24.4 Å². The van der Waals surface area contributed by atoms with Crippen LogP contribution in [0.4, 0.5) is 0 Å². The maximum atomic E-state index is 5.82. The summed E-state index contributed by atoms with van der Waals surface area (Å²) in [5.74, 6) is 2.26. The predicted octanol–water partition coefficient (Wildman–Crippen LogP) is 2.77. The third kappa shape index (κ3) is 8.57. The van der Waals surface area contributed by atoms with Crippen molar-refractivity contribution in [1.29, 1.82) is 0 Å². The second kappa shape index (κ2) is 14.3. The van der Waals surface area contributed by atoms with Crippen molar-refractivity contribution in [3.05, 3.63) is 42.4 Å². The summed E-state index contributed by atoms with van der Waals surface area (Å²) in [4.78, 5) is 9.04. The van der Waals surface area contributed by atoms with E-state index >= 15 is 0 Å². The minimum absolute atomic E-state index is 0. The van der Waals surface area contributed by atoms with E-state index in [-0.39, 0.29) is 24.0 Å². The van der Waals surface area contributed by atoms with Gasteiger partial charge < -0.3 is 20.1 Å². The lowest BCUT2D eigenvalue weighted by atomic mass is 10.0. The van der Waals surface area contributed by atoms with Crippen molar-refractivity contribution >= 4 is 29.9 Å². The summed E-state index contributed by atoms with van der Waals surface area (Å²) in [6.07, 6.45) is 8.60. The van der Waals surface area contributed by atoms with Gasteiger partial charge in [-0.05, 0) is 55.9 Å². The van der Waals surface area contributed by atoms with E-state index in [0.29, 0.717) is 12.5 Å². The van der Waals surface area contributed by atoms with Gasteiger partial charge in [-0.15, -0.1) is 24.0 Å². The van der Waals surface area contributed by atoms with Crippen LogP contribution in [-0.2, 0) is 16.0 Å². The normalized spacial score (nSPS) is 14.9. The fourth-order valence-corrected chi connectivity index (χ4v) is 3.14. The van der Waals surface area contributed by atoms with Crippen molar-refractivity contribution in [2.75, 3.05) is 39.5 Å². The highest BCUT2D eigenvalue weighted by atomic mass is 127. The Bertz CT molecular complexity index is 735. The fourth-order valence-electron chi connectivity index (χ4n) is 3.14. The number of hydrogen-bond acceptors (Lipinski definition) is 5. The minimum atomic E-state index is 0. The van der Waals surface area contributed by atoms with E-state index in [4.69, 9.17) is 9.47 Å². The third-order valence-corrected chi connectivity index (χ3v) is 4.77. The van der Waals surface area contributed by atoms with Crippen LogP contribution in [0, 0.1) is 5.92 Å². The van der Waals surface area contributed by atoms with Crippen LogP contribution in [0.25, 0.3) is 5.82 Å². The van der Waals surface area contributed by atoms with Crippen LogP contribution in [0.3, 0.4) is 0 Å². The highest BCUT2D eigenvalue weighted by Gasteiger charge is 2.13. The van der Waals surface area contributed by atoms with Crippen molar-refractivity contribution in [3.8, 4) is 5.82 Å². The van der Waals surface area contributed by atoms with Crippen molar-refractivity contribution in [1.82, 2.24) is 25.4 Å². The van der Waals surface area contributed by atoms with Crippen LogP contribution in [0.15, 0.2) is 41.8 Å². The molecule has 0 bridgehead atoms. The van der Waals surface area contributed by atoms with Gasteiger partial charge in [-0.2, -0.15) is 5.10 Å². The SMILES string of the molecule is CCNC(=NCc1ccnc(-n2cccn2)c1)NCCCOCC1CCOCC1.I. The molecule has 3 heterocycles. The van der Waals surface area contributed by atoms with Gasteiger partial charge in [0, 0.05) is 58.1 Å². The summed E-state index contributed by atoms with van der Waals surface area (Å²) >= 11 is 0. The van der Waals surface area contributed by atoms with Crippen LogP contribution in [0.1, 0.15) is 31.7 Å². The summed E-state index contributed by atoms with van der Waals surface area (Å²) in [5, 5.41) is 10.9. The molecule has 3 rings (SSSR count). The number of nitrogens with zero attached hydrogens (tertiary/aromatic N) is 4. The number of guanidine groups is 1. The van der Waals surface area contributed by atoms with Gasteiger partial charge in [0.2, 0.25) is 0 Å². The molecule has 2 aromatic rings. The summed E-state index contributed by atoms with van der Waals surface area (Å²) in [5.41, 5.74) is 1.09. The van der Waals surface area contributed by atoms with Crippen molar-refractivity contribution in [2.45, 2.75) is 32.7 Å².